The minimum absolute atomic E-state index is 0. The Morgan fingerprint density at radius 3 is 2.39 bits per heavy atom. The van der Waals surface area contributed by atoms with E-state index in [9.17, 15) is 0 Å². The average Bonchev–Trinajstić information content (AvgIpc) is 2.72. The summed E-state index contributed by atoms with van der Waals surface area (Å²) in [6, 6.07) is 0. The molecule has 0 unspecified atom stereocenters. The maximum Gasteiger partial charge on any atom is 1.00 e. The van der Waals surface area contributed by atoms with Crippen molar-refractivity contribution in [3.63, 3.8) is 0 Å². The van der Waals surface area contributed by atoms with E-state index in [1.165, 1.54) is 22.5 Å². The van der Waals surface area contributed by atoms with Crippen molar-refractivity contribution in [2.75, 3.05) is 6.54 Å². The molecule has 0 amide bonds. The van der Waals surface area contributed by atoms with E-state index in [1.807, 2.05) is 20.8 Å². The number of fused-ring (bicyclic) bond motifs is 1. The normalized spacial score (nSPS) is 14.0. The Hall–Kier alpha value is 0.356. The van der Waals surface area contributed by atoms with Gasteiger partial charge in [0, 0.05) is 11.3 Å². The molecule has 0 saturated carbocycles. The summed E-state index contributed by atoms with van der Waals surface area (Å²) in [6.07, 6.45) is 9.57. The third-order valence-electron chi connectivity index (χ3n) is 2.72. The molecule has 1 aliphatic rings. The van der Waals surface area contributed by atoms with Gasteiger partial charge in [-0.1, -0.05) is 32.1 Å². The van der Waals surface area contributed by atoms with E-state index < -0.39 is 0 Å². The maximum absolute atomic E-state index is 4.41. The number of H-pyrrole nitrogens is 1. The zero-order chi connectivity index (χ0) is 12.7. The Labute approximate surface area is 154 Å². The third-order valence-corrected chi connectivity index (χ3v) is 2.72. The summed E-state index contributed by atoms with van der Waals surface area (Å²) in [5.74, 6) is 0. The van der Waals surface area contributed by atoms with E-state index in [1.54, 1.807) is 0 Å². The van der Waals surface area contributed by atoms with Crippen LogP contribution in [0.5, 0.6) is 0 Å². The van der Waals surface area contributed by atoms with Crippen LogP contribution in [0.25, 0.3) is 17.5 Å². The molecule has 0 aromatic carbocycles. The molecule has 0 saturated heterocycles. The first-order valence-electron chi connectivity index (χ1n) is 6.49. The monoisotopic (exact) mass is 270 g/mol. The zero-order valence-electron chi connectivity index (χ0n) is 12.4. The van der Waals surface area contributed by atoms with Crippen LogP contribution >= 0.6 is 0 Å². The smallest absolute Gasteiger partial charge is 0.657 e. The van der Waals surface area contributed by atoms with Crippen LogP contribution in [0.4, 0.5) is 0 Å². The van der Waals surface area contributed by atoms with E-state index in [0.717, 1.165) is 19.5 Å². The van der Waals surface area contributed by atoms with E-state index in [2.05, 4.69) is 41.5 Å². The van der Waals surface area contributed by atoms with Gasteiger partial charge in [0.05, 0.1) is 0 Å². The summed E-state index contributed by atoms with van der Waals surface area (Å²) in [4.78, 5) is 3.46. The number of hydrogen-bond donors (Lipinski definition) is 1. The van der Waals surface area contributed by atoms with Gasteiger partial charge in [0.1, 0.15) is 0 Å². The largest absolute Gasteiger partial charge is 1.00 e. The summed E-state index contributed by atoms with van der Waals surface area (Å²) in [5.41, 5.74) is 5.32. The van der Waals surface area contributed by atoms with Crippen LogP contribution in [0.15, 0.2) is 12.2 Å². The Morgan fingerprint density at radius 1 is 1.11 bits per heavy atom. The first-order chi connectivity index (χ1) is 8.36. The van der Waals surface area contributed by atoms with Crippen LogP contribution in [0, 0.1) is 0 Å². The van der Waals surface area contributed by atoms with Crippen molar-refractivity contribution >= 4 is 12.2 Å². The van der Waals surface area contributed by atoms with Crippen LogP contribution in [-0.4, -0.2) is 11.5 Å². The maximum atomic E-state index is 4.41. The van der Waals surface area contributed by atoms with Crippen LogP contribution in [-0.2, 0) is 13.0 Å². The molecule has 1 N–H and O–H groups in total. The first kappa shape index (κ1) is 18.4. The predicted molar refractivity (Wildman–Crippen MR) is 77.2 cm³/mol. The molecule has 0 atom stereocenters. The first-order valence-corrected chi connectivity index (χ1v) is 6.49. The second kappa shape index (κ2) is 10.2. The zero-order valence-corrected chi connectivity index (χ0v) is 15.5. The molecule has 2 heterocycles. The molecular weight excluding hydrogens is 247 g/mol. The molecule has 0 spiro atoms. The summed E-state index contributed by atoms with van der Waals surface area (Å²) in [7, 11) is 0. The number of nitrogens with zero attached hydrogens (tertiary/aromatic N) is 1. The standard InChI is InChI=1S/C13H17N2.C2H6.K/c1-3-5-10-11-7-8-14-9-13(11)15-12(10)6-4-2;1-2;/h3-6,15H,7-9H2,1-2H3;1-2H3;/q-1;;+1/b5-3-,6-4-;;. The van der Waals surface area contributed by atoms with Gasteiger partial charge in [0.2, 0.25) is 0 Å². The van der Waals surface area contributed by atoms with Crippen molar-refractivity contribution < 1.29 is 51.4 Å². The van der Waals surface area contributed by atoms with Crippen molar-refractivity contribution in [1.29, 1.82) is 0 Å². The number of allylic oxidation sites excluding steroid dienone is 2. The van der Waals surface area contributed by atoms with Gasteiger partial charge in [0.15, 0.2) is 0 Å². The van der Waals surface area contributed by atoms with Crippen molar-refractivity contribution in [3.8, 4) is 0 Å². The molecule has 1 aromatic heterocycles. The van der Waals surface area contributed by atoms with Crippen LogP contribution in [0.1, 0.15) is 50.2 Å². The van der Waals surface area contributed by atoms with Gasteiger partial charge in [-0.25, -0.2) is 0 Å². The summed E-state index contributed by atoms with van der Waals surface area (Å²) < 4.78 is 0. The number of hydrogen-bond acceptors (Lipinski definition) is 0. The molecule has 0 bridgehead atoms. The van der Waals surface area contributed by atoms with Gasteiger partial charge in [-0.2, -0.15) is 0 Å². The summed E-state index contributed by atoms with van der Waals surface area (Å²) in [5, 5.41) is 4.41. The summed E-state index contributed by atoms with van der Waals surface area (Å²) >= 11 is 0. The van der Waals surface area contributed by atoms with Gasteiger partial charge >= 0.3 is 51.4 Å². The SMILES string of the molecule is C/C=C\c1[nH]c2c(c1/C=C\C)CC[N-]C2.CC.[K+]. The average molecular weight is 270 g/mol. The van der Waals surface area contributed by atoms with Crippen LogP contribution < -0.4 is 51.4 Å². The van der Waals surface area contributed by atoms with Crippen molar-refractivity contribution in [3.05, 3.63) is 40.0 Å². The van der Waals surface area contributed by atoms with Gasteiger partial charge < -0.3 is 10.3 Å². The van der Waals surface area contributed by atoms with Gasteiger partial charge in [-0.05, 0) is 37.6 Å². The number of rotatable bonds is 2. The molecule has 1 aliphatic heterocycles. The third kappa shape index (κ3) is 4.48. The molecule has 0 aliphatic carbocycles. The van der Waals surface area contributed by atoms with Gasteiger partial charge in [-0.3, -0.25) is 0 Å². The van der Waals surface area contributed by atoms with Crippen LogP contribution in [0.3, 0.4) is 0 Å². The minimum Gasteiger partial charge on any atom is -0.657 e. The topological polar surface area (TPSA) is 29.9 Å². The number of aromatic nitrogens is 1. The quantitative estimate of drug-likeness (QED) is 0.790. The minimum atomic E-state index is 0. The Bertz CT molecular complexity index is 403. The van der Waals surface area contributed by atoms with Crippen molar-refractivity contribution in [2.24, 2.45) is 0 Å². The molecule has 94 valence electrons. The second-order valence-corrected chi connectivity index (χ2v) is 3.76. The van der Waals surface area contributed by atoms with Crippen molar-refractivity contribution in [2.45, 2.75) is 40.7 Å². The Balaban J connectivity index is 0.000000917. The van der Waals surface area contributed by atoms with E-state index in [0.29, 0.717) is 0 Å². The van der Waals surface area contributed by atoms with Crippen molar-refractivity contribution in [1.82, 2.24) is 4.98 Å². The Morgan fingerprint density at radius 2 is 1.78 bits per heavy atom. The molecule has 1 aromatic rings. The molecule has 2 nitrogen and oxygen atoms in total. The number of aromatic amines is 1. The van der Waals surface area contributed by atoms with E-state index >= 15 is 0 Å². The molecule has 0 fully saturated rings. The van der Waals surface area contributed by atoms with Gasteiger partial charge in [-0.15, -0.1) is 13.1 Å². The molecule has 18 heavy (non-hydrogen) atoms. The predicted octanol–water partition coefficient (Wildman–Crippen LogP) is 1.54. The molecule has 2 rings (SSSR count). The molecular formula is C15H23KN2. The van der Waals surface area contributed by atoms with Gasteiger partial charge in [0.25, 0.3) is 0 Å². The number of nitrogens with one attached hydrogen (secondary N) is 1. The van der Waals surface area contributed by atoms with E-state index in [-0.39, 0.29) is 51.4 Å². The fourth-order valence-corrected chi connectivity index (χ4v) is 2.09. The van der Waals surface area contributed by atoms with E-state index in [4.69, 9.17) is 0 Å². The fourth-order valence-electron chi connectivity index (χ4n) is 2.09. The Kier molecular flexibility index (Phi) is 10.4. The van der Waals surface area contributed by atoms with Crippen LogP contribution in [0.2, 0.25) is 0 Å². The fraction of sp³-hybridized carbons (Fsp3) is 0.467. The molecule has 3 heteroatoms. The molecule has 0 radical (unpaired) electrons. The summed E-state index contributed by atoms with van der Waals surface area (Å²) in [6.45, 7) is 9.91. The second-order valence-electron chi connectivity index (χ2n) is 3.76.